The summed E-state index contributed by atoms with van der Waals surface area (Å²) >= 11 is 0. The van der Waals surface area contributed by atoms with Gasteiger partial charge in [0.05, 0.1) is 12.1 Å². The van der Waals surface area contributed by atoms with E-state index in [1.807, 2.05) is 0 Å². The van der Waals surface area contributed by atoms with Crippen LogP contribution in [-0.4, -0.2) is 16.8 Å². The number of phenols is 2. The quantitative estimate of drug-likeness (QED) is 0.629. The molecule has 4 heteroatoms. The van der Waals surface area contributed by atoms with Crippen LogP contribution in [0.2, 0.25) is 0 Å². The Morgan fingerprint density at radius 3 is 2.62 bits per heavy atom. The number of benzene rings is 2. The zero-order chi connectivity index (χ0) is 18.5. The molecule has 4 rings (SSSR count). The second-order valence-corrected chi connectivity index (χ2v) is 8.51. The third-order valence-electron chi connectivity index (χ3n) is 5.68. The van der Waals surface area contributed by atoms with Gasteiger partial charge in [0.1, 0.15) is 11.5 Å². The smallest absolute Gasteiger partial charge is 0.121 e. The van der Waals surface area contributed by atoms with Crippen LogP contribution in [0.25, 0.3) is 0 Å². The number of rotatable bonds is 1. The average Bonchev–Trinajstić information content (AvgIpc) is 2.62. The Balaban J connectivity index is 1.80. The van der Waals surface area contributed by atoms with Gasteiger partial charge in [-0.15, -0.1) is 0 Å². The molecule has 2 aliphatic heterocycles. The molecule has 0 amide bonds. The molecule has 1 fully saturated rings. The van der Waals surface area contributed by atoms with E-state index in [0.29, 0.717) is 0 Å². The Hall–Kier alpha value is -2.20. The molecule has 2 heterocycles. The number of ether oxygens (including phenoxy) is 1. The predicted molar refractivity (Wildman–Crippen MR) is 103 cm³/mol. The Bertz CT molecular complexity index is 825. The van der Waals surface area contributed by atoms with Crippen molar-refractivity contribution >= 4 is 5.69 Å². The minimum atomic E-state index is -0.0830. The Morgan fingerprint density at radius 1 is 1.04 bits per heavy atom. The molecule has 0 aliphatic carbocycles. The fourth-order valence-electron chi connectivity index (χ4n) is 4.24. The number of aromatic hydroxyl groups is 2. The van der Waals surface area contributed by atoms with Gasteiger partial charge in [-0.25, -0.2) is 0 Å². The molecule has 0 spiro atoms. The number of nitrogens with one attached hydrogen (secondary N) is 1. The summed E-state index contributed by atoms with van der Waals surface area (Å²) in [6.45, 7) is 7.42. The van der Waals surface area contributed by atoms with Crippen LogP contribution in [0.15, 0.2) is 36.4 Å². The van der Waals surface area contributed by atoms with Gasteiger partial charge in [0, 0.05) is 29.3 Å². The van der Waals surface area contributed by atoms with Crippen molar-refractivity contribution in [2.45, 2.75) is 51.2 Å². The minimum absolute atomic E-state index is 0.00838. The van der Waals surface area contributed by atoms with Crippen molar-refractivity contribution in [3.05, 3.63) is 53.1 Å². The Labute approximate surface area is 154 Å². The lowest BCUT2D eigenvalue weighted by molar-refractivity contribution is -0.0383. The highest BCUT2D eigenvalue weighted by atomic mass is 16.5. The van der Waals surface area contributed by atoms with E-state index in [4.69, 9.17) is 4.74 Å². The fraction of sp³-hybridized carbons (Fsp3) is 0.455. The van der Waals surface area contributed by atoms with Crippen LogP contribution in [-0.2, 0) is 10.2 Å². The SMILES string of the molecule is CC(C)(C)c1ccc2c(c1)C1OCCC[C@H]1[C@H](c1cc(O)ccc1O)N2. The van der Waals surface area contributed by atoms with Gasteiger partial charge in [-0.1, -0.05) is 32.9 Å². The van der Waals surface area contributed by atoms with E-state index >= 15 is 0 Å². The predicted octanol–water partition coefficient (Wildman–Crippen LogP) is 5.03. The van der Waals surface area contributed by atoms with Crippen molar-refractivity contribution in [1.29, 1.82) is 0 Å². The van der Waals surface area contributed by atoms with Gasteiger partial charge in [-0.05, 0) is 48.1 Å². The van der Waals surface area contributed by atoms with Crippen molar-refractivity contribution in [2.75, 3.05) is 11.9 Å². The van der Waals surface area contributed by atoms with Gasteiger partial charge in [-0.2, -0.15) is 0 Å². The van der Waals surface area contributed by atoms with Crippen LogP contribution in [0.4, 0.5) is 5.69 Å². The van der Waals surface area contributed by atoms with Crippen LogP contribution >= 0.6 is 0 Å². The van der Waals surface area contributed by atoms with Crippen molar-refractivity contribution in [1.82, 2.24) is 0 Å². The molecule has 4 nitrogen and oxygen atoms in total. The van der Waals surface area contributed by atoms with E-state index < -0.39 is 0 Å². The standard InChI is InChI=1S/C22H27NO3/c1-22(2,3)13-6-8-18-16(11-13)21-15(5-4-10-26-21)20(23-18)17-12-14(24)7-9-19(17)25/h6-9,11-12,15,20-21,23-25H,4-5,10H2,1-3H3/t15-,20+,21?/m0/s1. The number of phenolic OH excluding ortho intramolecular Hbond substituents is 2. The number of hydrogen-bond acceptors (Lipinski definition) is 4. The van der Waals surface area contributed by atoms with E-state index in [1.165, 1.54) is 17.2 Å². The zero-order valence-electron chi connectivity index (χ0n) is 15.6. The maximum atomic E-state index is 10.4. The summed E-state index contributed by atoms with van der Waals surface area (Å²) in [5.41, 5.74) is 4.37. The highest BCUT2D eigenvalue weighted by Crippen LogP contribution is 2.51. The molecular formula is C22H27NO3. The van der Waals surface area contributed by atoms with Crippen LogP contribution in [0, 0.1) is 5.92 Å². The molecule has 138 valence electrons. The van der Waals surface area contributed by atoms with Gasteiger partial charge in [0.15, 0.2) is 0 Å². The first-order chi connectivity index (χ1) is 12.3. The van der Waals surface area contributed by atoms with Gasteiger partial charge in [0.2, 0.25) is 0 Å². The fourth-order valence-corrected chi connectivity index (χ4v) is 4.24. The molecule has 1 unspecified atom stereocenters. The third kappa shape index (κ3) is 2.92. The molecule has 2 aromatic rings. The summed E-state index contributed by atoms with van der Waals surface area (Å²) in [5, 5.41) is 23.9. The lowest BCUT2D eigenvalue weighted by Gasteiger charge is -2.44. The number of hydrogen-bond donors (Lipinski definition) is 3. The molecule has 0 aromatic heterocycles. The van der Waals surface area contributed by atoms with E-state index in [2.05, 4.69) is 44.3 Å². The number of fused-ring (bicyclic) bond motifs is 3. The first-order valence-electron chi connectivity index (χ1n) is 9.39. The average molecular weight is 353 g/mol. The highest BCUT2D eigenvalue weighted by molar-refractivity contribution is 5.60. The van der Waals surface area contributed by atoms with Crippen molar-refractivity contribution < 1.29 is 14.9 Å². The zero-order valence-corrected chi connectivity index (χ0v) is 15.6. The summed E-state index contributed by atoms with van der Waals surface area (Å²) in [5.74, 6) is 0.598. The molecule has 0 radical (unpaired) electrons. The van der Waals surface area contributed by atoms with Gasteiger partial charge < -0.3 is 20.3 Å². The van der Waals surface area contributed by atoms with Gasteiger partial charge in [0.25, 0.3) is 0 Å². The van der Waals surface area contributed by atoms with Crippen molar-refractivity contribution in [2.24, 2.45) is 5.92 Å². The van der Waals surface area contributed by atoms with E-state index in [1.54, 1.807) is 12.1 Å². The summed E-state index contributed by atoms with van der Waals surface area (Å²) in [6.07, 6.45) is 2.04. The van der Waals surface area contributed by atoms with Crippen LogP contribution in [0.1, 0.15) is 62.4 Å². The van der Waals surface area contributed by atoms with E-state index in [-0.39, 0.29) is 35.0 Å². The monoisotopic (exact) mass is 353 g/mol. The molecule has 26 heavy (non-hydrogen) atoms. The molecule has 1 saturated heterocycles. The van der Waals surface area contributed by atoms with Gasteiger partial charge >= 0.3 is 0 Å². The number of anilines is 1. The summed E-state index contributed by atoms with van der Waals surface area (Å²) in [6, 6.07) is 11.2. The molecule has 3 atom stereocenters. The lowest BCUT2D eigenvalue weighted by Crippen LogP contribution is -2.36. The van der Waals surface area contributed by atoms with E-state index in [9.17, 15) is 10.2 Å². The second-order valence-electron chi connectivity index (χ2n) is 8.51. The summed E-state index contributed by atoms with van der Waals surface area (Å²) in [4.78, 5) is 0. The topological polar surface area (TPSA) is 61.7 Å². The normalized spacial score (nSPS) is 25.1. The largest absolute Gasteiger partial charge is 0.508 e. The van der Waals surface area contributed by atoms with Gasteiger partial charge in [-0.3, -0.25) is 0 Å². The molecule has 0 bridgehead atoms. The first-order valence-corrected chi connectivity index (χ1v) is 9.39. The Kier molecular flexibility index (Phi) is 4.11. The maximum Gasteiger partial charge on any atom is 0.121 e. The molecular weight excluding hydrogens is 326 g/mol. The lowest BCUT2D eigenvalue weighted by atomic mass is 9.75. The minimum Gasteiger partial charge on any atom is -0.508 e. The summed E-state index contributed by atoms with van der Waals surface area (Å²) < 4.78 is 6.21. The van der Waals surface area contributed by atoms with Crippen molar-refractivity contribution in [3.8, 4) is 11.5 Å². The third-order valence-corrected chi connectivity index (χ3v) is 5.68. The molecule has 2 aromatic carbocycles. The molecule has 2 aliphatic rings. The first kappa shape index (κ1) is 17.2. The highest BCUT2D eigenvalue weighted by Gasteiger charge is 2.41. The second kappa shape index (κ2) is 6.20. The summed E-state index contributed by atoms with van der Waals surface area (Å²) in [7, 11) is 0. The van der Waals surface area contributed by atoms with Crippen LogP contribution < -0.4 is 5.32 Å². The van der Waals surface area contributed by atoms with Crippen molar-refractivity contribution in [3.63, 3.8) is 0 Å². The maximum absolute atomic E-state index is 10.4. The van der Waals surface area contributed by atoms with E-state index in [0.717, 1.165) is 30.7 Å². The Morgan fingerprint density at radius 2 is 1.85 bits per heavy atom. The van der Waals surface area contributed by atoms with Crippen LogP contribution in [0.3, 0.4) is 0 Å². The van der Waals surface area contributed by atoms with Crippen LogP contribution in [0.5, 0.6) is 11.5 Å². The molecule has 3 N–H and O–H groups in total. The molecule has 0 saturated carbocycles.